The molecule has 0 saturated carbocycles. The van der Waals surface area contributed by atoms with Gasteiger partial charge in [0.15, 0.2) is 11.5 Å². The van der Waals surface area contributed by atoms with E-state index in [0.717, 1.165) is 0 Å². The second-order valence-electron chi connectivity index (χ2n) is 6.26. The predicted octanol–water partition coefficient (Wildman–Crippen LogP) is 4.91. The Morgan fingerprint density at radius 1 is 1.03 bits per heavy atom. The van der Waals surface area contributed by atoms with Crippen molar-refractivity contribution in [3.05, 3.63) is 64.3 Å². The van der Waals surface area contributed by atoms with E-state index in [1.165, 1.54) is 33.1 Å². The maximum atomic E-state index is 12.5. The number of hydrogen-bond donors (Lipinski definition) is 1. The molecule has 2 aromatic carbocycles. The smallest absolute Gasteiger partial charge is 0.344 e. The molecule has 1 heterocycles. The number of rotatable bonds is 7. The maximum Gasteiger partial charge on any atom is 0.344 e. The lowest BCUT2D eigenvalue weighted by Gasteiger charge is -2.12. The van der Waals surface area contributed by atoms with E-state index < -0.39 is 5.97 Å². The van der Waals surface area contributed by atoms with Crippen molar-refractivity contribution in [1.29, 1.82) is 0 Å². The maximum absolute atomic E-state index is 12.5. The second kappa shape index (κ2) is 10.1. The van der Waals surface area contributed by atoms with Crippen molar-refractivity contribution in [1.82, 2.24) is 0 Å². The number of carbonyl (C=O) groups excluding carboxylic acids is 1. The van der Waals surface area contributed by atoms with Gasteiger partial charge in [0.05, 0.1) is 38.5 Å². The van der Waals surface area contributed by atoms with Gasteiger partial charge in [0.25, 0.3) is 0 Å². The van der Waals surface area contributed by atoms with Crippen LogP contribution in [-0.2, 0) is 9.53 Å². The lowest BCUT2D eigenvalue weighted by atomic mass is 10.1. The van der Waals surface area contributed by atoms with E-state index in [4.69, 9.17) is 18.9 Å². The van der Waals surface area contributed by atoms with Crippen molar-refractivity contribution in [3.8, 4) is 17.2 Å². The summed E-state index contributed by atoms with van der Waals surface area (Å²) in [6.45, 7) is 1.89. The van der Waals surface area contributed by atoms with Crippen LogP contribution >= 0.6 is 11.8 Å². The molecule has 3 rings (SSSR count). The quantitative estimate of drug-likeness (QED) is 0.611. The summed E-state index contributed by atoms with van der Waals surface area (Å²) in [5.74, 6) is 0.703. The fourth-order valence-corrected chi connectivity index (χ4v) is 3.94. The summed E-state index contributed by atoms with van der Waals surface area (Å²) in [7, 11) is 4.61. The van der Waals surface area contributed by atoms with E-state index in [2.05, 4.69) is 4.99 Å². The predicted molar refractivity (Wildman–Crippen MR) is 121 cm³/mol. The Hall–Kier alpha value is -3.39. The van der Waals surface area contributed by atoms with Crippen molar-refractivity contribution >= 4 is 34.5 Å². The molecule has 0 fully saturated rings. The van der Waals surface area contributed by atoms with Gasteiger partial charge in [0.1, 0.15) is 22.1 Å². The van der Waals surface area contributed by atoms with Gasteiger partial charge in [-0.3, -0.25) is 0 Å². The molecule has 0 aromatic heterocycles. The molecule has 0 unspecified atom stereocenters. The molecular formula is C23H23NO6S. The summed E-state index contributed by atoms with van der Waals surface area (Å²) < 4.78 is 21.3. The third-order valence-electron chi connectivity index (χ3n) is 4.38. The number of thioether (sulfide) groups is 1. The Morgan fingerprint density at radius 3 is 2.29 bits per heavy atom. The highest BCUT2D eigenvalue weighted by molar-refractivity contribution is 8.18. The average Bonchev–Trinajstić information content (AvgIpc) is 3.08. The first kappa shape index (κ1) is 22.3. The van der Waals surface area contributed by atoms with E-state index in [1.807, 2.05) is 30.3 Å². The number of benzene rings is 2. The zero-order valence-corrected chi connectivity index (χ0v) is 18.5. The largest absolute Gasteiger partial charge is 0.506 e. The fourth-order valence-electron chi connectivity index (χ4n) is 2.92. The highest BCUT2D eigenvalue weighted by Gasteiger charge is 2.33. The standard InChI is InChI=1S/C23H23NO6S/c1-5-30-23(26)20-21(25)19(31-22(20)24-15-9-7-6-8-10-15)12-14-11-17(28-3)18(29-4)13-16(14)27-2/h6-13,25H,5H2,1-4H3/b19-12+,24-22?. The molecule has 31 heavy (non-hydrogen) atoms. The highest BCUT2D eigenvalue weighted by Crippen LogP contribution is 2.42. The van der Waals surface area contributed by atoms with Crippen LogP contribution in [0, 0.1) is 0 Å². The number of carbonyl (C=O) groups is 1. The van der Waals surface area contributed by atoms with Crippen LogP contribution in [0.5, 0.6) is 17.2 Å². The Morgan fingerprint density at radius 2 is 1.68 bits per heavy atom. The Bertz CT molecular complexity index is 1060. The van der Waals surface area contributed by atoms with E-state index in [-0.39, 0.29) is 17.9 Å². The zero-order valence-electron chi connectivity index (χ0n) is 17.7. The van der Waals surface area contributed by atoms with Crippen LogP contribution in [0.2, 0.25) is 0 Å². The summed E-state index contributed by atoms with van der Waals surface area (Å²) >= 11 is 1.17. The average molecular weight is 442 g/mol. The Kier molecular flexibility index (Phi) is 7.25. The van der Waals surface area contributed by atoms with Crippen LogP contribution in [-0.4, -0.2) is 44.1 Å². The van der Waals surface area contributed by atoms with Crippen LogP contribution in [0.3, 0.4) is 0 Å². The van der Waals surface area contributed by atoms with Gasteiger partial charge in [-0.25, -0.2) is 9.79 Å². The van der Waals surface area contributed by atoms with Crippen molar-refractivity contribution in [2.24, 2.45) is 4.99 Å². The third-order valence-corrected chi connectivity index (χ3v) is 5.40. The number of aliphatic imine (C=N–C) groups is 1. The number of aliphatic hydroxyl groups is 1. The molecule has 1 aliphatic heterocycles. The number of ether oxygens (including phenoxy) is 4. The van der Waals surface area contributed by atoms with Crippen LogP contribution in [0.25, 0.3) is 6.08 Å². The highest BCUT2D eigenvalue weighted by atomic mass is 32.2. The summed E-state index contributed by atoms with van der Waals surface area (Å²) in [4.78, 5) is 17.5. The lowest BCUT2D eigenvalue weighted by Crippen LogP contribution is -2.12. The van der Waals surface area contributed by atoms with E-state index in [0.29, 0.717) is 38.4 Å². The Balaban J connectivity index is 2.10. The van der Waals surface area contributed by atoms with E-state index in [1.54, 1.807) is 25.1 Å². The molecule has 0 aliphatic carbocycles. The molecule has 0 atom stereocenters. The number of aliphatic hydroxyl groups excluding tert-OH is 1. The number of methoxy groups -OCH3 is 3. The topological polar surface area (TPSA) is 86.6 Å². The van der Waals surface area contributed by atoms with Crippen LogP contribution in [0.4, 0.5) is 5.69 Å². The van der Waals surface area contributed by atoms with E-state index in [9.17, 15) is 9.90 Å². The van der Waals surface area contributed by atoms with Gasteiger partial charge in [-0.2, -0.15) is 0 Å². The summed E-state index contributed by atoms with van der Waals surface area (Å²) in [5.41, 5.74) is 1.32. The molecule has 0 saturated heterocycles. The zero-order chi connectivity index (χ0) is 22.4. The summed E-state index contributed by atoms with van der Waals surface area (Å²) in [6.07, 6.45) is 1.70. The fraction of sp³-hybridized carbons (Fsp3) is 0.217. The molecule has 8 heteroatoms. The molecule has 0 amide bonds. The third kappa shape index (κ3) is 4.86. The van der Waals surface area contributed by atoms with Gasteiger partial charge in [-0.1, -0.05) is 30.0 Å². The number of nitrogens with zero attached hydrogens (tertiary/aromatic N) is 1. The van der Waals surface area contributed by atoms with Crippen LogP contribution < -0.4 is 14.2 Å². The molecule has 1 N–H and O–H groups in total. The minimum Gasteiger partial charge on any atom is -0.506 e. The van der Waals surface area contributed by atoms with Crippen molar-refractivity contribution in [3.63, 3.8) is 0 Å². The number of esters is 1. The second-order valence-corrected chi connectivity index (χ2v) is 7.29. The number of hydrogen-bond acceptors (Lipinski definition) is 8. The van der Waals surface area contributed by atoms with Gasteiger partial charge < -0.3 is 24.1 Å². The van der Waals surface area contributed by atoms with Gasteiger partial charge >= 0.3 is 5.97 Å². The molecule has 0 radical (unpaired) electrons. The first-order valence-corrected chi connectivity index (χ1v) is 10.3. The normalized spacial score (nSPS) is 16.0. The molecule has 162 valence electrons. The van der Waals surface area contributed by atoms with Gasteiger partial charge in [0.2, 0.25) is 0 Å². The van der Waals surface area contributed by atoms with Crippen molar-refractivity contribution in [2.75, 3.05) is 27.9 Å². The van der Waals surface area contributed by atoms with Crippen LogP contribution in [0.15, 0.2) is 63.7 Å². The van der Waals surface area contributed by atoms with Crippen molar-refractivity contribution in [2.45, 2.75) is 6.92 Å². The molecule has 7 nitrogen and oxygen atoms in total. The first-order valence-electron chi connectivity index (χ1n) is 9.46. The number of para-hydroxylation sites is 1. The molecule has 0 spiro atoms. The SMILES string of the molecule is CCOC(=O)C1=C(O)/C(=C\c2cc(OC)c(OC)cc2OC)SC1=Nc1ccccc1. The molecular weight excluding hydrogens is 418 g/mol. The van der Waals surface area contributed by atoms with E-state index >= 15 is 0 Å². The molecule has 0 bridgehead atoms. The Labute approximate surface area is 185 Å². The molecule has 1 aliphatic rings. The van der Waals surface area contributed by atoms with Gasteiger partial charge in [0, 0.05) is 11.6 Å². The summed E-state index contributed by atoms with van der Waals surface area (Å²) in [6, 6.07) is 12.6. The van der Waals surface area contributed by atoms with Gasteiger partial charge in [-0.05, 0) is 31.2 Å². The monoisotopic (exact) mass is 441 g/mol. The van der Waals surface area contributed by atoms with Gasteiger partial charge in [-0.15, -0.1) is 0 Å². The lowest BCUT2D eigenvalue weighted by molar-refractivity contribution is -0.138. The summed E-state index contributed by atoms with van der Waals surface area (Å²) in [5, 5.41) is 11.2. The molecule has 2 aromatic rings. The van der Waals surface area contributed by atoms with Crippen LogP contribution in [0.1, 0.15) is 12.5 Å². The minimum atomic E-state index is -0.634. The minimum absolute atomic E-state index is 0.0291. The van der Waals surface area contributed by atoms with Crippen molar-refractivity contribution < 1.29 is 28.8 Å². The first-order chi connectivity index (χ1) is 15.0.